The van der Waals surface area contributed by atoms with Crippen molar-refractivity contribution in [3.8, 4) is 0 Å². The lowest BCUT2D eigenvalue weighted by molar-refractivity contribution is 0.0490. The van der Waals surface area contributed by atoms with E-state index in [1.165, 1.54) is 0 Å². The zero-order chi connectivity index (χ0) is 12.4. The molecule has 0 spiro atoms. The van der Waals surface area contributed by atoms with Crippen LogP contribution in [0.15, 0.2) is 33.5 Å². The molecule has 0 saturated carbocycles. The van der Waals surface area contributed by atoms with Crippen LogP contribution in [-0.4, -0.2) is 12.6 Å². The van der Waals surface area contributed by atoms with Gasteiger partial charge in [0.15, 0.2) is 5.43 Å². The Bertz CT molecular complexity index is 630. The van der Waals surface area contributed by atoms with E-state index in [9.17, 15) is 9.59 Å². The number of nitrogen functional groups attached to an aromatic ring is 1. The van der Waals surface area contributed by atoms with E-state index in [1.54, 1.807) is 25.1 Å². The van der Waals surface area contributed by atoms with Crippen LogP contribution >= 0.6 is 0 Å². The van der Waals surface area contributed by atoms with E-state index in [-0.39, 0.29) is 28.8 Å². The van der Waals surface area contributed by atoms with Gasteiger partial charge in [-0.15, -0.1) is 0 Å². The van der Waals surface area contributed by atoms with Gasteiger partial charge in [-0.1, -0.05) is 6.07 Å². The third kappa shape index (κ3) is 1.99. The van der Waals surface area contributed by atoms with Crippen LogP contribution in [0.25, 0.3) is 11.0 Å². The third-order valence-corrected chi connectivity index (χ3v) is 2.26. The Labute approximate surface area is 96.8 Å². The standard InChI is InChI=1S/C12H11NO4/c1-2-16-12(15)10-6-8(14)11-7(13)4-3-5-9(11)17-10/h3-6H,2,13H2,1H3. The fourth-order valence-electron chi connectivity index (χ4n) is 1.54. The number of nitrogens with two attached hydrogens (primary N) is 1. The molecule has 2 N–H and O–H groups in total. The molecule has 2 rings (SSSR count). The van der Waals surface area contributed by atoms with Crippen LogP contribution in [0.3, 0.4) is 0 Å². The van der Waals surface area contributed by atoms with Gasteiger partial charge in [-0.3, -0.25) is 4.79 Å². The number of hydrogen-bond acceptors (Lipinski definition) is 5. The number of carbonyl (C=O) groups is 1. The summed E-state index contributed by atoms with van der Waals surface area (Å²) in [5.74, 6) is -0.774. The number of hydrogen-bond donors (Lipinski definition) is 1. The Hall–Kier alpha value is -2.30. The van der Waals surface area contributed by atoms with E-state index in [1.807, 2.05) is 0 Å². The van der Waals surface area contributed by atoms with Gasteiger partial charge >= 0.3 is 5.97 Å². The van der Waals surface area contributed by atoms with Gasteiger partial charge in [0.2, 0.25) is 5.76 Å². The normalized spacial score (nSPS) is 10.4. The lowest BCUT2D eigenvalue weighted by Gasteiger charge is -2.03. The molecule has 1 aromatic heterocycles. The Kier molecular flexibility index (Phi) is 2.82. The lowest BCUT2D eigenvalue weighted by atomic mass is 10.2. The smallest absolute Gasteiger partial charge is 0.374 e. The summed E-state index contributed by atoms with van der Waals surface area (Å²) in [6.07, 6.45) is 0. The highest BCUT2D eigenvalue weighted by Gasteiger charge is 2.14. The fourth-order valence-corrected chi connectivity index (χ4v) is 1.54. The van der Waals surface area contributed by atoms with Crippen molar-refractivity contribution in [3.63, 3.8) is 0 Å². The average Bonchev–Trinajstić information content (AvgIpc) is 2.29. The molecule has 0 aliphatic carbocycles. The molecule has 5 nitrogen and oxygen atoms in total. The summed E-state index contributed by atoms with van der Waals surface area (Å²) in [6.45, 7) is 1.90. The van der Waals surface area contributed by atoms with Crippen molar-refractivity contribution in [1.29, 1.82) is 0 Å². The van der Waals surface area contributed by atoms with E-state index in [0.29, 0.717) is 5.69 Å². The minimum absolute atomic E-state index is 0.116. The van der Waals surface area contributed by atoms with Crippen LogP contribution in [0, 0.1) is 0 Å². The van der Waals surface area contributed by atoms with Gasteiger partial charge in [0.1, 0.15) is 5.58 Å². The van der Waals surface area contributed by atoms with Crippen molar-refractivity contribution in [1.82, 2.24) is 0 Å². The van der Waals surface area contributed by atoms with Crippen molar-refractivity contribution in [2.24, 2.45) is 0 Å². The molecule has 1 heterocycles. The first-order chi connectivity index (χ1) is 8.13. The maximum atomic E-state index is 11.8. The van der Waals surface area contributed by atoms with Crippen molar-refractivity contribution < 1.29 is 13.9 Å². The van der Waals surface area contributed by atoms with Crippen LogP contribution in [0.1, 0.15) is 17.5 Å². The third-order valence-electron chi connectivity index (χ3n) is 2.26. The average molecular weight is 233 g/mol. The number of anilines is 1. The molecular weight excluding hydrogens is 222 g/mol. The van der Waals surface area contributed by atoms with E-state index < -0.39 is 5.97 Å². The number of esters is 1. The largest absolute Gasteiger partial charge is 0.460 e. The zero-order valence-corrected chi connectivity index (χ0v) is 9.23. The van der Waals surface area contributed by atoms with Gasteiger partial charge in [-0.2, -0.15) is 0 Å². The van der Waals surface area contributed by atoms with Crippen LogP contribution in [0.4, 0.5) is 5.69 Å². The van der Waals surface area contributed by atoms with Gasteiger partial charge in [-0.25, -0.2) is 4.79 Å². The van der Waals surface area contributed by atoms with Crippen molar-refractivity contribution in [3.05, 3.63) is 40.2 Å². The molecule has 0 radical (unpaired) electrons. The molecule has 0 fully saturated rings. The van der Waals surface area contributed by atoms with Gasteiger partial charge in [0.05, 0.1) is 12.0 Å². The van der Waals surface area contributed by atoms with Crippen LogP contribution in [0.5, 0.6) is 0 Å². The summed E-state index contributed by atoms with van der Waals surface area (Å²) >= 11 is 0. The highest BCUT2D eigenvalue weighted by molar-refractivity contribution is 5.92. The minimum Gasteiger partial charge on any atom is -0.460 e. The molecule has 0 amide bonds. The molecule has 17 heavy (non-hydrogen) atoms. The Morgan fingerprint density at radius 3 is 2.94 bits per heavy atom. The number of rotatable bonds is 2. The first-order valence-corrected chi connectivity index (χ1v) is 5.13. The molecule has 0 aliphatic rings. The molecule has 0 atom stereocenters. The highest BCUT2D eigenvalue weighted by Crippen LogP contribution is 2.18. The van der Waals surface area contributed by atoms with Crippen molar-refractivity contribution >= 4 is 22.6 Å². The van der Waals surface area contributed by atoms with Gasteiger partial charge in [0.25, 0.3) is 0 Å². The van der Waals surface area contributed by atoms with Crippen molar-refractivity contribution in [2.75, 3.05) is 12.3 Å². The summed E-state index contributed by atoms with van der Waals surface area (Å²) in [4.78, 5) is 23.2. The summed E-state index contributed by atoms with van der Waals surface area (Å²) in [6, 6.07) is 5.92. The summed E-state index contributed by atoms with van der Waals surface area (Å²) in [7, 11) is 0. The summed E-state index contributed by atoms with van der Waals surface area (Å²) < 4.78 is 10.0. The second kappa shape index (κ2) is 4.29. The van der Waals surface area contributed by atoms with Crippen LogP contribution in [-0.2, 0) is 4.74 Å². The lowest BCUT2D eigenvalue weighted by Crippen LogP contribution is -2.10. The molecule has 0 unspecified atom stereocenters. The number of ether oxygens (including phenoxy) is 1. The Balaban J connectivity index is 2.65. The Morgan fingerprint density at radius 2 is 2.24 bits per heavy atom. The monoisotopic (exact) mass is 233 g/mol. The molecule has 88 valence electrons. The van der Waals surface area contributed by atoms with Crippen molar-refractivity contribution in [2.45, 2.75) is 6.92 Å². The molecule has 5 heteroatoms. The zero-order valence-electron chi connectivity index (χ0n) is 9.23. The predicted octanol–water partition coefficient (Wildman–Crippen LogP) is 1.55. The van der Waals surface area contributed by atoms with E-state index in [0.717, 1.165) is 6.07 Å². The van der Waals surface area contributed by atoms with E-state index in [2.05, 4.69) is 0 Å². The second-order valence-electron chi connectivity index (χ2n) is 3.42. The molecule has 0 aliphatic heterocycles. The predicted molar refractivity (Wildman–Crippen MR) is 62.9 cm³/mol. The van der Waals surface area contributed by atoms with E-state index in [4.69, 9.17) is 14.9 Å². The quantitative estimate of drug-likeness (QED) is 0.628. The summed E-state index contributed by atoms with van der Waals surface area (Å²) in [5.41, 5.74) is 5.92. The molecule has 0 saturated heterocycles. The molecule has 1 aromatic carbocycles. The first-order valence-electron chi connectivity index (χ1n) is 5.13. The number of carbonyl (C=O) groups excluding carboxylic acids is 1. The first kappa shape index (κ1) is 11.2. The number of benzene rings is 1. The van der Waals surface area contributed by atoms with Crippen LogP contribution in [0.2, 0.25) is 0 Å². The topological polar surface area (TPSA) is 82.5 Å². The van der Waals surface area contributed by atoms with Gasteiger partial charge in [-0.05, 0) is 19.1 Å². The SMILES string of the molecule is CCOC(=O)c1cc(=O)c2c(N)cccc2o1. The maximum absolute atomic E-state index is 11.8. The fraction of sp³-hybridized carbons (Fsp3) is 0.167. The van der Waals surface area contributed by atoms with Gasteiger partial charge < -0.3 is 14.9 Å². The molecule has 0 bridgehead atoms. The van der Waals surface area contributed by atoms with E-state index >= 15 is 0 Å². The minimum atomic E-state index is -0.658. The number of fused-ring (bicyclic) bond motifs is 1. The van der Waals surface area contributed by atoms with Gasteiger partial charge in [0, 0.05) is 11.8 Å². The summed E-state index contributed by atoms with van der Waals surface area (Å²) in [5, 5.41) is 0.278. The molecular formula is C12H11NO4. The maximum Gasteiger partial charge on any atom is 0.374 e. The van der Waals surface area contributed by atoms with Crippen LogP contribution < -0.4 is 11.2 Å². The molecule has 2 aromatic rings. The highest BCUT2D eigenvalue weighted by atomic mass is 16.5. The second-order valence-corrected chi connectivity index (χ2v) is 3.42. The Morgan fingerprint density at radius 1 is 1.47 bits per heavy atom.